The van der Waals surface area contributed by atoms with E-state index in [9.17, 15) is 14.4 Å². The Morgan fingerprint density at radius 3 is 2.84 bits per heavy atom. The highest BCUT2D eigenvalue weighted by atomic mass is 16.5. The third-order valence-corrected chi connectivity index (χ3v) is 6.21. The van der Waals surface area contributed by atoms with E-state index in [0.29, 0.717) is 18.7 Å². The molecule has 2 unspecified atom stereocenters. The van der Waals surface area contributed by atoms with Crippen molar-refractivity contribution in [3.63, 3.8) is 0 Å². The van der Waals surface area contributed by atoms with E-state index in [1.807, 2.05) is 48.5 Å². The van der Waals surface area contributed by atoms with E-state index in [1.165, 1.54) is 12.5 Å². The van der Waals surface area contributed by atoms with Crippen LogP contribution in [0.3, 0.4) is 0 Å². The van der Waals surface area contributed by atoms with Crippen molar-refractivity contribution >= 4 is 17.5 Å². The third kappa shape index (κ3) is 2.75. The Balaban J connectivity index is 1.70. The van der Waals surface area contributed by atoms with Gasteiger partial charge in [0, 0.05) is 18.4 Å². The standard InChI is InChI=1S/C23H20N4O4/c1-31-15-6-4-5-14(11-15)19-23(17-7-2-3-8-18(17)26-22(23)30)9-10-27(19)21(29)16-12-24-13-25-20(16)28/h2-8,11-13,19H,9-10H2,1H3,(H,26,30)(H,24,25,28). The molecule has 2 N–H and O–H groups in total. The maximum absolute atomic E-state index is 13.5. The quantitative estimate of drug-likeness (QED) is 0.682. The molecule has 31 heavy (non-hydrogen) atoms. The zero-order chi connectivity index (χ0) is 21.6. The summed E-state index contributed by atoms with van der Waals surface area (Å²) in [5, 5.41) is 2.98. The number of nitrogens with zero attached hydrogens (tertiary/aromatic N) is 2. The Morgan fingerprint density at radius 2 is 2.03 bits per heavy atom. The third-order valence-electron chi connectivity index (χ3n) is 6.21. The fraction of sp³-hybridized carbons (Fsp3) is 0.217. The van der Waals surface area contributed by atoms with Gasteiger partial charge in [0.25, 0.3) is 11.5 Å². The average molecular weight is 416 g/mol. The summed E-state index contributed by atoms with van der Waals surface area (Å²) >= 11 is 0. The molecule has 2 atom stereocenters. The first-order valence-electron chi connectivity index (χ1n) is 9.95. The van der Waals surface area contributed by atoms with Crippen molar-refractivity contribution in [1.29, 1.82) is 0 Å². The Hall–Kier alpha value is -3.94. The fourth-order valence-corrected chi connectivity index (χ4v) is 4.83. The first-order valence-corrected chi connectivity index (χ1v) is 9.95. The fourth-order valence-electron chi connectivity index (χ4n) is 4.83. The summed E-state index contributed by atoms with van der Waals surface area (Å²) in [6.07, 6.45) is 2.93. The van der Waals surface area contributed by atoms with Crippen LogP contribution >= 0.6 is 0 Å². The van der Waals surface area contributed by atoms with Crippen molar-refractivity contribution in [2.24, 2.45) is 0 Å². The lowest BCUT2D eigenvalue weighted by Gasteiger charge is -2.34. The minimum absolute atomic E-state index is 0.0564. The molecule has 3 aromatic rings. The SMILES string of the molecule is COc1cccc(C2N(C(=O)c3cnc[nH]c3=O)CCC23C(=O)Nc2ccccc23)c1. The summed E-state index contributed by atoms with van der Waals surface area (Å²) < 4.78 is 5.39. The summed E-state index contributed by atoms with van der Waals surface area (Å²) in [5.74, 6) is 0.00556. The first kappa shape index (κ1) is 19.0. The van der Waals surface area contributed by atoms with Gasteiger partial charge in [0.1, 0.15) is 16.7 Å². The number of H-pyrrole nitrogens is 1. The smallest absolute Gasteiger partial charge is 0.263 e. The van der Waals surface area contributed by atoms with Gasteiger partial charge in [-0.3, -0.25) is 14.4 Å². The number of likely N-dealkylation sites (tertiary alicyclic amines) is 1. The number of hydrogen-bond acceptors (Lipinski definition) is 5. The molecule has 0 bridgehead atoms. The van der Waals surface area contributed by atoms with Crippen LogP contribution in [0.4, 0.5) is 5.69 Å². The van der Waals surface area contributed by atoms with Crippen molar-refractivity contribution in [2.45, 2.75) is 17.9 Å². The van der Waals surface area contributed by atoms with Crippen LogP contribution in [0.25, 0.3) is 0 Å². The molecule has 8 heteroatoms. The lowest BCUT2D eigenvalue weighted by atomic mass is 9.72. The minimum atomic E-state index is -0.965. The summed E-state index contributed by atoms with van der Waals surface area (Å²) in [6.45, 7) is 0.316. The van der Waals surface area contributed by atoms with E-state index in [1.54, 1.807) is 12.0 Å². The van der Waals surface area contributed by atoms with Crippen molar-refractivity contribution in [3.05, 3.63) is 88.1 Å². The van der Waals surface area contributed by atoms with Crippen LogP contribution < -0.4 is 15.6 Å². The second-order valence-corrected chi connectivity index (χ2v) is 7.69. The predicted molar refractivity (Wildman–Crippen MR) is 113 cm³/mol. The van der Waals surface area contributed by atoms with Gasteiger partial charge in [0.05, 0.1) is 19.5 Å². The zero-order valence-corrected chi connectivity index (χ0v) is 16.8. The Labute approximate surface area is 177 Å². The van der Waals surface area contributed by atoms with Gasteiger partial charge in [0.15, 0.2) is 0 Å². The summed E-state index contributed by atoms with van der Waals surface area (Å²) in [4.78, 5) is 47.1. The number of amides is 2. The van der Waals surface area contributed by atoms with E-state index in [0.717, 1.165) is 16.8 Å². The maximum atomic E-state index is 13.5. The van der Waals surface area contributed by atoms with Gasteiger partial charge < -0.3 is 19.9 Å². The largest absolute Gasteiger partial charge is 0.497 e. The van der Waals surface area contributed by atoms with Crippen molar-refractivity contribution in [2.75, 3.05) is 19.0 Å². The highest BCUT2D eigenvalue weighted by Crippen LogP contribution is 2.55. The molecule has 0 saturated carbocycles. The van der Waals surface area contributed by atoms with E-state index in [4.69, 9.17) is 4.74 Å². The molecule has 1 spiro atoms. The van der Waals surface area contributed by atoms with Crippen LogP contribution in [-0.4, -0.2) is 40.3 Å². The number of aromatic amines is 1. The topological polar surface area (TPSA) is 104 Å². The van der Waals surface area contributed by atoms with E-state index >= 15 is 0 Å². The normalized spacial score (nSPS) is 21.8. The molecular weight excluding hydrogens is 396 g/mol. The Bertz CT molecular complexity index is 1250. The number of carbonyl (C=O) groups is 2. The number of methoxy groups -OCH3 is 1. The van der Waals surface area contributed by atoms with Crippen LogP contribution in [0, 0.1) is 0 Å². The summed E-state index contributed by atoms with van der Waals surface area (Å²) in [5.41, 5.74) is 0.823. The molecular formula is C23H20N4O4. The molecule has 1 saturated heterocycles. The molecule has 2 aliphatic heterocycles. The number of carbonyl (C=O) groups excluding carboxylic acids is 2. The van der Waals surface area contributed by atoms with Crippen molar-refractivity contribution < 1.29 is 14.3 Å². The Morgan fingerprint density at radius 1 is 1.19 bits per heavy atom. The summed E-state index contributed by atoms with van der Waals surface area (Å²) in [6, 6.07) is 14.3. The first-order chi connectivity index (χ1) is 15.1. The number of anilines is 1. The monoisotopic (exact) mass is 416 g/mol. The van der Waals surface area contributed by atoms with Crippen LogP contribution in [-0.2, 0) is 10.2 Å². The van der Waals surface area contributed by atoms with Crippen LogP contribution in [0.2, 0.25) is 0 Å². The number of nitrogens with one attached hydrogen (secondary N) is 2. The molecule has 1 aromatic heterocycles. The summed E-state index contributed by atoms with van der Waals surface area (Å²) in [7, 11) is 1.57. The zero-order valence-electron chi connectivity index (χ0n) is 16.8. The van der Waals surface area contributed by atoms with Crippen LogP contribution in [0.15, 0.2) is 65.8 Å². The van der Waals surface area contributed by atoms with Crippen molar-refractivity contribution in [3.8, 4) is 5.75 Å². The molecule has 1 fully saturated rings. The maximum Gasteiger partial charge on any atom is 0.263 e. The number of aromatic nitrogens is 2. The van der Waals surface area contributed by atoms with Gasteiger partial charge in [0.2, 0.25) is 5.91 Å². The second-order valence-electron chi connectivity index (χ2n) is 7.69. The second kappa shape index (κ2) is 7.09. The van der Waals surface area contributed by atoms with Gasteiger partial charge in [-0.15, -0.1) is 0 Å². The number of benzene rings is 2. The van der Waals surface area contributed by atoms with Gasteiger partial charge >= 0.3 is 0 Å². The van der Waals surface area contributed by atoms with Gasteiger partial charge in [-0.2, -0.15) is 0 Å². The molecule has 5 rings (SSSR count). The average Bonchev–Trinajstić information content (AvgIpc) is 3.33. The van der Waals surface area contributed by atoms with Gasteiger partial charge in [-0.05, 0) is 35.7 Å². The number of ether oxygens (including phenoxy) is 1. The van der Waals surface area contributed by atoms with Crippen LogP contribution in [0.1, 0.15) is 33.9 Å². The van der Waals surface area contributed by atoms with Gasteiger partial charge in [-0.25, -0.2) is 4.98 Å². The van der Waals surface area contributed by atoms with Crippen molar-refractivity contribution in [1.82, 2.24) is 14.9 Å². The van der Waals surface area contributed by atoms with Gasteiger partial charge in [-0.1, -0.05) is 30.3 Å². The Kier molecular flexibility index (Phi) is 4.35. The molecule has 2 aromatic carbocycles. The predicted octanol–water partition coefficient (Wildman–Crippen LogP) is 2.26. The molecule has 3 heterocycles. The molecule has 2 aliphatic rings. The lowest BCUT2D eigenvalue weighted by Crippen LogP contribution is -2.43. The van der Waals surface area contributed by atoms with E-state index in [-0.39, 0.29) is 11.5 Å². The van der Waals surface area contributed by atoms with Crippen LogP contribution in [0.5, 0.6) is 5.75 Å². The molecule has 0 radical (unpaired) electrons. The molecule has 8 nitrogen and oxygen atoms in total. The molecule has 2 amide bonds. The number of rotatable bonds is 3. The molecule has 156 valence electrons. The number of hydrogen-bond donors (Lipinski definition) is 2. The number of para-hydroxylation sites is 1. The van der Waals surface area contributed by atoms with E-state index in [2.05, 4.69) is 15.3 Å². The minimum Gasteiger partial charge on any atom is -0.497 e. The lowest BCUT2D eigenvalue weighted by molar-refractivity contribution is -0.121. The number of fused-ring (bicyclic) bond motifs is 2. The highest BCUT2D eigenvalue weighted by molar-refractivity contribution is 6.08. The van der Waals surface area contributed by atoms with E-state index < -0.39 is 22.9 Å². The molecule has 0 aliphatic carbocycles. The highest BCUT2D eigenvalue weighted by Gasteiger charge is 2.59.